The lowest BCUT2D eigenvalue weighted by atomic mass is 11.9. The largest absolute Gasteiger partial charge is 0.311 e. The third kappa shape index (κ3) is 2.93. The molecule has 0 aromatic carbocycles. The van der Waals surface area contributed by atoms with E-state index in [0.29, 0.717) is 0 Å². The van der Waals surface area contributed by atoms with E-state index in [1.165, 1.54) is 6.26 Å². The van der Waals surface area contributed by atoms with Crippen molar-refractivity contribution in [2.75, 3.05) is 18.8 Å². The van der Waals surface area contributed by atoms with Crippen molar-refractivity contribution < 1.29 is 8.42 Å². The Kier molecular flexibility index (Phi) is 2.13. The monoisotopic (exact) mass is 141 g/mol. The summed E-state index contributed by atoms with van der Waals surface area (Å²) in [5.41, 5.74) is 0. The van der Waals surface area contributed by atoms with Gasteiger partial charge in [-0.2, -0.15) is 8.42 Å². The summed E-state index contributed by atoms with van der Waals surface area (Å²) in [4.78, 5) is 0. The molecule has 0 rings (SSSR count). The van der Waals surface area contributed by atoms with Crippen LogP contribution < -0.4 is 0 Å². The van der Waals surface area contributed by atoms with Crippen molar-refractivity contribution in [3.8, 4) is 0 Å². The topological polar surface area (TPSA) is 34.1 Å². The standard InChI is InChI=1S/C3H9O2S2/c1-6(2)7(3,4)5/h1-3H3/q+1. The van der Waals surface area contributed by atoms with E-state index in [1.54, 1.807) is 12.5 Å². The van der Waals surface area contributed by atoms with Crippen LogP contribution in [0.25, 0.3) is 0 Å². The summed E-state index contributed by atoms with van der Waals surface area (Å²) in [5.74, 6) is 0. The quantitative estimate of drug-likeness (QED) is 0.375. The molecule has 44 valence electrons. The second-order valence-electron chi connectivity index (χ2n) is 1.45. The molecule has 2 nitrogen and oxygen atoms in total. The summed E-state index contributed by atoms with van der Waals surface area (Å²) in [5, 5.41) is 0. The molecule has 0 radical (unpaired) electrons. The Morgan fingerprint density at radius 3 is 1.43 bits per heavy atom. The van der Waals surface area contributed by atoms with E-state index in [1.807, 2.05) is 0 Å². The van der Waals surface area contributed by atoms with E-state index in [9.17, 15) is 8.42 Å². The summed E-state index contributed by atoms with van der Waals surface area (Å²) in [6.45, 7) is 0. The van der Waals surface area contributed by atoms with E-state index in [4.69, 9.17) is 0 Å². The van der Waals surface area contributed by atoms with Crippen LogP contribution in [0.4, 0.5) is 0 Å². The summed E-state index contributed by atoms with van der Waals surface area (Å²) >= 11 is 0. The molecule has 7 heavy (non-hydrogen) atoms. The SMILES string of the molecule is C[S+](C)S(C)(=O)=O. The normalized spacial score (nSPS) is 12.6. The van der Waals surface area contributed by atoms with E-state index >= 15 is 0 Å². The van der Waals surface area contributed by atoms with Crippen molar-refractivity contribution in [1.29, 1.82) is 0 Å². The minimum atomic E-state index is -2.71. The fourth-order valence-corrected chi connectivity index (χ4v) is 0. The summed E-state index contributed by atoms with van der Waals surface area (Å²) in [7, 11) is -3.17. The maximum Gasteiger partial charge on any atom is 0.311 e. The zero-order valence-corrected chi connectivity index (χ0v) is 6.27. The lowest BCUT2D eigenvalue weighted by Crippen LogP contribution is -2.08. The molecule has 0 spiro atoms. The van der Waals surface area contributed by atoms with Gasteiger partial charge < -0.3 is 0 Å². The lowest BCUT2D eigenvalue weighted by Gasteiger charge is -1.86. The van der Waals surface area contributed by atoms with Gasteiger partial charge >= 0.3 is 8.87 Å². The van der Waals surface area contributed by atoms with Crippen LogP contribution in [0.3, 0.4) is 0 Å². The third-order valence-corrected chi connectivity index (χ3v) is 5.45. The first-order chi connectivity index (χ1) is 2.94. The first-order valence-electron chi connectivity index (χ1n) is 1.72. The van der Waals surface area contributed by atoms with Gasteiger partial charge in [-0.3, -0.25) is 0 Å². The zero-order valence-electron chi connectivity index (χ0n) is 4.63. The van der Waals surface area contributed by atoms with Gasteiger partial charge in [-0.1, -0.05) is 0 Å². The van der Waals surface area contributed by atoms with Crippen LogP contribution in [0.5, 0.6) is 0 Å². The molecule has 0 bridgehead atoms. The van der Waals surface area contributed by atoms with Gasteiger partial charge in [0.25, 0.3) is 0 Å². The molecule has 0 N–H and O–H groups in total. The highest BCUT2D eigenvalue weighted by molar-refractivity contribution is 8.68. The van der Waals surface area contributed by atoms with Crippen molar-refractivity contribution in [3.05, 3.63) is 0 Å². The second-order valence-corrected chi connectivity index (χ2v) is 8.15. The molecular formula is C3H9O2S2+. The van der Waals surface area contributed by atoms with Crippen LogP contribution in [0, 0.1) is 0 Å². The van der Waals surface area contributed by atoms with Gasteiger partial charge in [0.15, 0.2) is 0 Å². The van der Waals surface area contributed by atoms with Crippen molar-refractivity contribution in [1.82, 2.24) is 0 Å². The van der Waals surface area contributed by atoms with Crippen LogP contribution in [0.2, 0.25) is 0 Å². The number of rotatable bonds is 1. The molecule has 0 unspecified atom stereocenters. The van der Waals surface area contributed by atoms with Crippen molar-refractivity contribution in [2.24, 2.45) is 0 Å². The average molecular weight is 141 g/mol. The smallest absolute Gasteiger partial charge is 0.178 e. The van der Waals surface area contributed by atoms with Gasteiger partial charge in [0.1, 0.15) is 22.4 Å². The molecule has 0 fully saturated rings. The minimum absolute atomic E-state index is 0.461. The molecular weight excluding hydrogens is 132 g/mol. The van der Waals surface area contributed by atoms with Crippen molar-refractivity contribution in [3.63, 3.8) is 0 Å². The van der Waals surface area contributed by atoms with Crippen LogP contribution in [0.15, 0.2) is 0 Å². The second kappa shape index (κ2) is 2.05. The highest BCUT2D eigenvalue weighted by atomic mass is 33.2. The summed E-state index contributed by atoms with van der Waals surface area (Å²) in [6.07, 6.45) is 4.63. The molecule has 0 amide bonds. The van der Waals surface area contributed by atoms with Crippen molar-refractivity contribution in [2.45, 2.75) is 0 Å². The van der Waals surface area contributed by atoms with Crippen LogP contribution in [-0.2, 0) is 18.8 Å². The summed E-state index contributed by atoms with van der Waals surface area (Å²) in [6, 6.07) is 0. The molecule has 0 aliphatic carbocycles. The van der Waals surface area contributed by atoms with Gasteiger partial charge in [0.05, 0.1) is 6.26 Å². The minimum Gasteiger partial charge on any atom is -0.178 e. The Hall–Kier alpha value is 0.300. The predicted molar refractivity (Wildman–Crippen MR) is 34.1 cm³/mol. The zero-order chi connectivity index (χ0) is 6.08. The van der Waals surface area contributed by atoms with Crippen molar-refractivity contribution >= 4 is 18.8 Å². The van der Waals surface area contributed by atoms with Gasteiger partial charge in [-0.25, -0.2) is 0 Å². The Labute approximate surface area is 46.6 Å². The number of hydrogen-bond donors (Lipinski definition) is 0. The van der Waals surface area contributed by atoms with Gasteiger partial charge in [0.2, 0.25) is 0 Å². The molecule has 0 saturated heterocycles. The predicted octanol–water partition coefficient (Wildman–Crippen LogP) is -0.176. The molecule has 0 heterocycles. The van der Waals surface area contributed by atoms with E-state index in [-0.39, 0.29) is 0 Å². The highest BCUT2D eigenvalue weighted by Gasteiger charge is 2.16. The van der Waals surface area contributed by atoms with E-state index in [2.05, 4.69) is 0 Å². The Morgan fingerprint density at radius 1 is 1.29 bits per heavy atom. The van der Waals surface area contributed by atoms with Crippen LogP contribution in [0.1, 0.15) is 0 Å². The van der Waals surface area contributed by atoms with E-state index in [0.717, 1.165) is 0 Å². The van der Waals surface area contributed by atoms with Gasteiger partial charge in [-0.15, -0.1) is 0 Å². The molecule has 0 saturated carbocycles. The Bertz CT molecular complexity index is 133. The number of hydrogen-bond acceptors (Lipinski definition) is 2. The third-order valence-electron chi connectivity index (χ3n) is 0.605. The van der Waals surface area contributed by atoms with Crippen LogP contribution in [-0.4, -0.2) is 27.2 Å². The highest BCUT2D eigenvalue weighted by Crippen LogP contribution is 1.93. The fraction of sp³-hybridized carbons (Fsp3) is 1.00. The Morgan fingerprint density at radius 2 is 1.43 bits per heavy atom. The summed E-state index contributed by atoms with van der Waals surface area (Å²) < 4.78 is 20.7. The average Bonchev–Trinajstić information content (AvgIpc) is 1.31. The Balaban J connectivity index is 4.10. The maximum atomic E-state index is 10.3. The van der Waals surface area contributed by atoms with Gasteiger partial charge in [0, 0.05) is 0 Å². The molecule has 0 aromatic rings. The molecule has 0 atom stereocenters. The first kappa shape index (κ1) is 7.30. The molecule has 0 aromatic heterocycles. The first-order valence-corrected chi connectivity index (χ1v) is 6.17. The van der Waals surface area contributed by atoms with Gasteiger partial charge in [-0.05, 0) is 0 Å². The van der Waals surface area contributed by atoms with Crippen LogP contribution >= 0.6 is 0 Å². The molecule has 0 aliphatic rings. The van der Waals surface area contributed by atoms with E-state index < -0.39 is 18.8 Å². The maximum absolute atomic E-state index is 10.3. The molecule has 4 heteroatoms. The fourth-order valence-electron chi connectivity index (χ4n) is 0. The lowest BCUT2D eigenvalue weighted by molar-refractivity contribution is 0.615. The molecule has 0 aliphatic heterocycles.